The van der Waals surface area contributed by atoms with Gasteiger partial charge >= 0.3 is 5.97 Å². The minimum atomic E-state index is -0.377. The van der Waals surface area contributed by atoms with E-state index in [1.165, 1.54) is 7.11 Å². The van der Waals surface area contributed by atoms with Gasteiger partial charge in [0.15, 0.2) is 0 Å². The molecule has 0 aliphatic heterocycles. The number of carbonyl (C=O) groups excluding carboxylic acids is 2. The van der Waals surface area contributed by atoms with Gasteiger partial charge in [-0.3, -0.25) is 4.79 Å². The molecule has 2 aromatic carbocycles. The van der Waals surface area contributed by atoms with Crippen LogP contribution in [0, 0.1) is 0 Å². The van der Waals surface area contributed by atoms with Crippen LogP contribution in [0.25, 0.3) is 0 Å². The minimum absolute atomic E-state index is 0.192. The van der Waals surface area contributed by atoms with Gasteiger partial charge < -0.3 is 15.8 Å². The summed E-state index contributed by atoms with van der Waals surface area (Å²) in [5.74, 6) is -0.569. The highest BCUT2D eigenvalue weighted by Gasteiger charge is 2.11. The fourth-order valence-electron chi connectivity index (χ4n) is 2.14. The van der Waals surface area contributed by atoms with E-state index >= 15 is 0 Å². The van der Waals surface area contributed by atoms with Crippen molar-refractivity contribution in [1.29, 1.82) is 0 Å². The summed E-state index contributed by atoms with van der Waals surface area (Å²) < 4.78 is 4.75. The molecule has 5 heteroatoms. The molecule has 0 atom stereocenters. The molecule has 0 radical (unpaired) electrons. The second kappa shape index (κ2) is 7.26. The van der Waals surface area contributed by atoms with Crippen LogP contribution in [0.15, 0.2) is 48.5 Å². The topological polar surface area (TPSA) is 81.4 Å². The zero-order chi connectivity index (χ0) is 15.9. The number of nitrogens with two attached hydrogens (primary N) is 1. The van der Waals surface area contributed by atoms with Gasteiger partial charge in [0.1, 0.15) is 0 Å². The summed E-state index contributed by atoms with van der Waals surface area (Å²) in [4.78, 5) is 23.7. The van der Waals surface area contributed by atoms with E-state index in [0.29, 0.717) is 29.8 Å². The van der Waals surface area contributed by atoms with E-state index < -0.39 is 0 Å². The van der Waals surface area contributed by atoms with Crippen molar-refractivity contribution in [3.8, 4) is 0 Å². The molecule has 5 nitrogen and oxygen atoms in total. The lowest BCUT2D eigenvalue weighted by molar-refractivity contribution is 0.0599. The van der Waals surface area contributed by atoms with Crippen LogP contribution in [0.2, 0.25) is 0 Å². The maximum absolute atomic E-state index is 12.0. The Morgan fingerprint density at radius 2 is 1.91 bits per heavy atom. The highest BCUT2D eigenvalue weighted by Crippen LogP contribution is 2.11. The fraction of sp³-hybridized carbons (Fsp3) is 0.176. The Bertz CT molecular complexity index is 683. The Balaban J connectivity index is 1.97. The lowest BCUT2D eigenvalue weighted by atomic mass is 10.0. The number of hydrogen-bond acceptors (Lipinski definition) is 4. The van der Waals surface area contributed by atoms with Crippen molar-refractivity contribution < 1.29 is 14.3 Å². The number of ether oxygens (including phenoxy) is 1. The van der Waals surface area contributed by atoms with E-state index in [0.717, 1.165) is 5.56 Å². The van der Waals surface area contributed by atoms with Crippen LogP contribution in [0.1, 0.15) is 26.3 Å². The van der Waals surface area contributed by atoms with Crippen molar-refractivity contribution in [3.05, 3.63) is 65.2 Å². The fourth-order valence-corrected chi connectivity index (χ4v) is 2.14. The molecule has 0 bridgehead atoms. The lowest BCUT2D eigenvalue weighted by Gasteiger charge is -2.09. The number of rotatable bonds is 5. The van der Waals surface area contributed by atoms with Crippen molar-refractivity contribution in [1.82, 2.24) is 5.32 Å². The first kappa shape index (κ1) is 15.6. The van der Waals surface area contributed by atoms with E-state index in [9.17, 15) is 9.59 Å². The highest BCUT2D eigenvalue weighted by atomic mass is 16.5. The quantitative estimate of drug-likeness (QED) is 0.653. The van der Waals surface area contributed by atoms with Gasteiger partial charge in [0.05, 0.1) is 12.7 Å². The molecular formula is C17H18N2O3. The van der Waals surface area contributed by atoms with Crippen molar-refractivity contribution in [3.63, 3.8) is 0 Å². The average molecular weight is 298 g/mol. The lowest BCUT2D eigenvalue weighted by Crippen LogP contribution is -2.26. The first-order valence-corrected chi connectivity index (χ1v) is 6.92. The van der Waals surface area contributed by atoms with Crippen molar-refractivity contribution in [2.75, 3.05) is 19.4 Å². The molecule has 0 aliphatic rings. The monoisotopic (exact) mass is 298 g/mol. The van der Waals surface area contributed by atoms with Gasteiger partial charge in [0.2, 0.25) is 0 Å². The third-order valence-corrected chi connectivity index (χ3v) is 3.25. The van der Waals surface area contributed by atoms with Gasteiger partial charge in [-0.1, -0.05) is 24.3 Å². The zero-order valence-corrected chi connectivity index (χ0v) is 12.3. The molecule has 0 saturated heterocycles. The number of hydrogen-bond donors (Lipinski definition) is 2. The molecule has 0 unspecified atom stereocenters. The van der Waals surface area contributed by atoms with Crippen LogP contribution in [-0.4, -0.2) is 25.5 Å². The van der Waals surface area contributed by atoms with Crippen LogP contribution in [-0.2, 0) is 11.2 Å². The van der Waals surface area contributed by atoms with Gasteiger partial charge in [-0.2, -0.15) is 0 Å². The summed E-state index contributed by atoms with van der Waals surface area (Å²) >= 11 is 0. The van der Waals surface area contributed by atoms with Crippen molar-refractivity contribution >= 4 is 17.6 Å². The Kier molecular flexibility index (Phi) is 5.14. The molecule has 3 N–H and O–H groups in total. The first-order chi connectivity index (χ1) is 10.6. The standard InChI is InChI=1S/C17H18N2O3/c1-22-17(21)15-8-3-2-5-12(15)9-10-19-16(20)13-6-4-7-14(18)11-13/h2-8,11H,9-10,18H2,1H3,(H,19,20). The van der Waals surface area contributed by atoms with Crippen LogP contribution in [0.3, 0.4) is 0 Å². The number of esters is 1. The normalized spacial score (nSPS) is 10.0. The summed E-state index contributed by atoms with van der Waals surface area (Å²) in [6, 6.07) is 14.0. The van der Waals surface area contributed by atoms with E-state index in [1.807, 2.05) is 12.1 Å². The van der Waals surface area contributed by atoms with Gasteiger partial charge in [-0.15, -0.1) is 0 Å². The Morgan fingerprint density at radius 3 is 2.64 bits per heavy atom. The number of benzene rings is 2. The molecule has 2 rings (SSSR count). The number of carbonyl (C=O) groups is 2. The van der Waals surface area contributed by atoms with Crippen molar-refractivity contribution in [2.24, 2.45) is 0 Å². The molecule has 22 heavy (non-hydrogen) atoms. The second-order valence-electron chi connectivity index (χ2n) is 4.78. The van der Waals surface area contributed by atoms with Crippen LogP contribution in [0.5, 0.6) is 0 Å². The summed E-state index contributed by atoms with van der Waals surface area (Å²) in [6.07, 6.45) is 0.541. The van der Waals surface area contributed by atoms with Gasteiger partial charge in [-0.05, 0) is 36.2 Å². The molecule has 0 heterocycles. The summed E-state index contributed by atoms with van der Waals surface area (Å²) in [5.41, 5.74) is 8.07. The molecule has 0 spiro atoms. The predicted octanol–water partition coefficient (Wildman–Crippen LogP) is 2.03. The second-order valence-corrected chi connectivity index (χ2v) is 4.78. The predicted molar refractivity (Wildman–Crippen MR) is 84.7 cm³/mol. The maximum atomic E-state index is 12.0. The molecule has 0 saturated carbocycles. The number of anilines is 1. The Morgan fingerprint density at radius 1 is 1.14 bits per heavy atom. The van der Waals surface area contributed by atoms with Crippen LogP contribution < -0.4 is 11.1 Å². The van der Waals surface area contributed by atoms with E-state index in [4.69, 9.17) is 10.5 Å². The smallest absolute Gasteiger partial charge is 0.338 e. The minimum Gasteiger partial charge on any atom is -0.465 e. The number of nitrogens with one attached hydrogen (secondary N) is 1. The summed E-state index contributed by atoms with van der Waals surface area (Å²) in [6.45, 7) is 0.418. The summed E-state index contributed by atoms with van der Waals surface area (Å²) in [5, 5.41) is 2.81. The molecule has 0 aromatic heterocycles. The summed E-state index contributed by atoms with van der Waals surface area (Å²) in [7, 11) is 1.35. The third kappa shape index (κ3) is 3.85. The third-order valence-electron chi connectivity index (χ3n) is 3.25. The number of nitrogen functional groups attached to an aromatic ring is 1. The molecule has 1 amide bonds. The molecule has 114 valence electrons. The van der Waals surface area contributed by atoms with Crippen LogP contribution >= 0.6 is 0 Å². The van der Waals surface area contributed by atoms with E-state index in [1.54, 1.807) is 36.4 Å². The SMILES string of the molecule is COC(=O)c1ccccc1CCNC(=O)c1cccc(N)c1. The Labute approximate surface area is 129 Å². The van der Waals surface area contributed by atoms with E-state index in [-0.39, 0.29) is 11.9 Å². The molecule has 0 aliphatic carbocycles. The van der Waals surface area contributed by atoms with Gasteiger partial charge in [0.25, 0.3) is 5.91 Å². The average Bonchev–Trinajstić information content (AvgIpc) is 2.54. The number of amides is 1. The van der Waals surface area contributed by atoms with Gasteiger partial charge in [-0.25, -0.2) is 4.79 Å². The van der Waals surface area contributed by atoms with Crippen LogP contribution in [0.4, 0.5) is 5.69 Å². The Hall–Kier alpha value is -2.82. The maximum Gasteiger partial charge on any atom is 0.338 e. The van der Waals surface area contributed by atoms with Crippen molar-refractivity contribution in [2.45, 2.75) is 6.42 Å². The molecule has 0 fully saturated rings. The zero-order valence-electron chi connectivity index (χ0n) is 12.3. The number of methoxy groups -OCH3 is 1. The highest BCUT2D eigenvalue weighted by molar-refractivity contribution is 5.95. The molecule has 2 aromatic rings. The molecular weight excluding hydrogens is 280 g/mol. The van der Waals surface area contributed by atoms with Gasteiger partial charge in [0, 0.05) is 17.8 Å². The first-order valence-electron chi connectivity index (χ1n) is 6.92. The largest absolute Gasteiger partial charge is 0.465 e. The van der Waals surface area contributed by atoms with E-state index in [2.05, 4.69) is 5.32 Å².